The van der Waals surface area contributed by atoms with Crippen molar-refractivity contribution in [2.45, 2.75) is 6.54 Å². The van der Waals surface area contributed by atoms with Crippen LogP contribution in [0.5, 0.6) is 0 Å². The fourth-order valence-corrected chi connectivity index (χ4v) is 2.83. The number of rotatable bonds is 5. The third kappa shape index (κ3) is 3.89. The van der Waals surface area contributed by atoms with Crippen LogP contribution in [0, 0.1) is 0 Å². The van der Waals surface area contributed by atoms with Crippen LogP contribution in [-0.4, -0.2) is 25.9 Å². The molecule has 0 radical (unpaired) electrons. The molecular weight excluding hydrogens is 389 g/mol. The van der Waals surface area contributed by atoms with Crippen molar-refractivity contribution in [2.75, 3.05) is 5.32 Å². The lowest BCUT2D eigenvalue weighted by Crippen LogP contribution is -2.13. The molecule has 7 nitrogen and oxygen atoms in total. The molecule has 0 aliphatic rings. The summed E-state index contributed by atoms with van der Waals surface area (Å²) in [4.78, 5) is 12.4. The van der Waals surface area contributed by atoms with E-state index in [1.165, 1.54) is 0 Å². The number of aromatic nitrogens is 4. The minimum absolute atomic E-state index is 0.199. The van der Waals surface area contributed by atoms with Crippen LogP contribution in [0.4, 0.5) is 5.82 Å². The van der Waals surface area contributed by atoms with Gasteiger partial charge in [-0.1, -0.05) is 35.3 Å². The zero-order valence-corrected chi connectivity index (χ0v) is 15.3. The van der Waals surface area contributed by atoms with E-state index in [9.17, 15) is 4.79 Å². The Labute approximate surface area is 163 Å². The first-order valence-corrected chi connectivity index (χ1v) is 8.72. The van der Waals surface area contributed by atoms with E-state index in [4.69, 9.17) is 27.6 Å². The van der Waals surface area contributed by atoms with E-state index in [1.54, 1.807) is 47.5 Å². The van der Waals surface area contributed by atoms with Gasteiger partial charge in [-0.05, 0) is 29.8 Å². The fraction of sp³-hybridized carbons (Fsp3) is 0.0556. The summed E-state index contributed by atoms with van der Waals surface area (Å²) in [6.07, 6.45) is 3.19. The van der Waals surface area contributed by atoms with Crippen LogP contribution >= 0.6 is 23.2 Å². The molecule has 0 spiro atoms. The van der Waals surface area contributed by atoms with Gasteiger partial charge in [-0.25, -0.2) is 0 Å². The maximum atomic E-state index is 12.4. The maximum absolute atomic E-state index is 12.4. The van der Waals surface area contributed by atoms with E-state index in [-0.39, 0.29) is 11.5 Å². The highest BCUT2D eigenvalue weighted by molar-refractivity contribution is 6.33. The molecule has 0 bridgehead atoms. The maximum Gasteiger partial charge on any atom is 0.277 e. The fourth-order valence-electron chi connectivity index (χ4n) is 2.51. The van der Waals surface area contributed by atoms with E-state index in [0.717, 1.165) is 5.56 Å². The van der Waals surface area contributed by atoms with Gasteiger partial charge in [0, 0.05) is 17.3 Å². The molecule has 2 N–H and O–H groups in total. The molecule has 1 amide bonds. The average Bonchev–Trinajstić information content (AvgIpc) is 3.38. The zero-order chi connectivity index (χ0) is 18.8. The molecule has 4 rings (SSSR count). The first-order chi connectivity index (χ1) is 13.1. The van der Waals surface area contributed by atoms with Crippen molar-refractivity contribution in [3.63, 3.8) is 0 Å². The molecule has 0 fully saturated rings. The van der Waals surface area contributed by atoms with Crippen LogP contribution in [0.1, 0.15) is 16.1 Å². The molecule has 0 aliphatic carbocycles. The second-order valence-electron chi connectivity index (χ2n) is 5.75. The molecule has 3 heterocycles. The molecule has 27 heavy (non-hydrogen) atoms. The van der Waals surface area contributed by atoms with Gasteiger partial charge >= 0.3 is 0 Å². The van der Waals surface area contributed by atoms with Crippen molar-refractivity contribution in [3.8, 4) is 11.5 Å². The number of halogens is 2. The number of nitrogens with zero attached hydrogens (tertiary/aromatic N) is 3. The monoisotopic (exact) mass is 401 g/mol. The highest BCUT2D eigenvalue weighted by atomic mass is 35.5. The van der Waals surface area contributed by atoms with E-state index in [0.29, 0.717) is 28.0 Å². The summed E-state index contributed by atoms with van der Waals surface area (Å²) in [5, 5.41) is 14.7. The number of amides is 1. The normalized spacial score (nSPS) is 10.9. The first-order valence-electron chi connectivity index (χ1n) is 7.96. The standard InChI is InChI=1S/C18H13Cl2N5O2/c19-12-5-3-11(4-6-12)9-25-10-13(20)17(24-25)21-18(26)15-8-14(22-23-15)16-2-1-7-27-16/h1-8,10H,9H2,(H,22,23)(H,21,24,26). The van der Waals surface area contributed by atoms with E-state index in [1.807, 2.05) is 12.1 Å². The number of H-pyrrole nitrogens is 1. The molecule has 0 aliphatic heterocycles. The van der Waals surface area contributed by atoms with Crippen molar-refractivity contribution < 1.29 is 9.21 Å². The van der Waals surface area contributed by atoms with Crippen molar-refractivity contribution >= 4 is 34.9 Å². The predicted octanol–water partition coefficient (Wildman–Crippen LogP) is 4.47. The second-order valence-corrected chi connectivity index (χ2v) is 6.59. The number of hydrogen-bond donors (Lipinski definition) is 2. The Morgan fingerprint density at radius 3 is 2.78 bits per heavy atom. The summed E-state index contributed by atoms with van der Waals surface area (Å²) < 4.78 is 6.91. The van der Waals surface area contributed by atoms with Gasteiger partial charge in [0.1, 0.15) is 10.7 Å². The number of furan rings is 1. The molecule has 1 aromatic carbocycles. The minimum atomic E-state index is -0.428. The van der Waals surface area contributed by atoms with Crippen LogP contribution in [0.25, 0.3) is 11.5 Å². The van der Waals surface area contributed by atoms with Crippen LogP contribution in [-0.2, 0) is 6.54 Å². The number of carbonyl (C=O) groups excluding carboxylic acids is 1. The summed E-state index contributed by atoms with van der Waals surface area (Å²) in [5.74, 6) is 0.424. The molecule has 136 valence electrons. The minimum Gasteiger partial charge on any atom is -0.463 e. The zero-order valence-electron chi connectivity index (χ0n) is 13.8. The lowest BCUT2D eigenvalue weighted by molar-refractivity contribution is 0.102. The lowest BCUT2D eigenvalue weighted by atomic mass is 10.2. The van der Waals surface area contributed by atoms with Crippen molar-refractivity contribution in [1.82, 2.24) is 20.0 Å². The topological polar surface area (TPSA) is 88.7 Å². The Morgan fingerprint density at radius 2 is 2.04 bits per heavy atom. The number of anilines is 1. The third-order valence-electron chi connectivity index (χ3n) is 3.80. The SMILES string of the molecule is O=C(Nc1nn(Cc2ccc(Cl)cc2)cc1Cl)c1cc(-c2ccco2)[nH]n1. The summed E-state index contributed by atoms with van der Waals surface area (Å²) in [6.45, 7) is 0.498. The summed E-state index contributed by atoms with van der Waals surface area (Å²) in [7, 11) is 0. The largest absolute Gasteiger partial charge is 0.463 e. The third-order valence-corrected chi connectivity index (χ3v) is 4.33. The number of aromatic amines is 1. The Morgan fingerprint density at radius 1 is 1.22 bits per heavy atom. The Hall–Kier alpha value is -3.03. The van der Waals surface area contributed by atoms with Crippen LogP contribution in [0.2, 0.25) is 10.0 Å². The van der Waals surface area contributed by atoms with Gasteiger partial charge in [-0.3, -0.25) is 14.6 Å². The summed E-state index contributed by atoms with van der Waals surface area (Å²) in [5.41, 5.74) is 1.81. The van der Waals surface area contributed by atoms with Gasteiger partial charge in [-0.15, -0.1) is 0 Å². The molecule has 0 saturated carbocycles. The van der Waals surface area contributed by atoms with Crippen molar-refractivity contribution in [3.05, 3.63) is 76.2 Å². The van der Waals surface area contributed by atoms with Gasteiger partial charge in [0.05, 0.1) is 12.8 Å². The number of benzene rings is 1. The molecule has 4 aromatic rings. The number of hydrogen-bond acceptors (Lipinski definition) is 4. The first kappa shape index (κ1) is 17.4. The molecular formula is C18H13Cl2N5O2. The predicted molar refractivity (Wildman–Crippen MR) is 102 cm³/mol. The quantitative estimate of drug-likeness (QED) is 0.516. The number of nitrogens with one attached hydrogen (secondary N) is 2. The van der Waals surface area contributed by atoms with E-state index < -0.39 is 5.91 Å². The van der Waals surface area contributed by atoms with Crippen LogP contribution in [0.3, 0.4) is 0 Å². The lowest BCUT2D eigenvalue weighted by Gasteiger charge is -2.02. The highest BCUT2D eigenvalue weighted by Crippen LogP contribution is 2.22. The van der Waals surface area contributed by atoms with Gasteiger partial charge in [-0.2, -0.15) is 10.2 Å². The highest BCUT2D eigenvalue weighted by Gasteiger charge is 2.16. The molecule has 9 heteroatoms. The molecule has 3 aromatic heterocycles. The van der Waals surface area contributed by atoms with E-state index in [2.05, 4.69) is 20.6 Å². The molecule has 0 saturated heterocycles. The van der Waals surface area contributed by atoms with Gasteiger partial charge in [0.15, 0.2) is 17.3 Å². The van der Waals surface area contributed by atoms with E-state index >= 15 is 0 Å². The Bertz CT molecular complexity index is 1070. The average molecular weight is 402 g/mol. The van der Waals surface area contributed by atoms with Gasteiger partial charge in [0.2, 0.25) is 0 Å². The summed E-state index contributed by atoms with van der Waals surface area (Å²) in [6, 6.07) is 12.5. The summed E-state index contributed by atoms with van der Waals surface area (Å²) >= 11 is 12.1. The van der Waals surface area contributed by atoms with Crippen molar-refractivity contribution in [2.24, 2.45) is 0 Å². The Balaban J connectivity index is 1.47. The smallest absolute Gasteiger partial charge is 0.277 e. The molecule has 0 unspecified atom stereocenters. The van der Waals surface area contributed by atoms with Gasteiger partial charge in [0.25, 0.3) is 5.91 Å². The molecule has 0 atom stereocenters. The van der Waals surface area contributed by atoms with Gasteiger partial charge < -0.3 is 9.73 Å². The number of carbonyl (C=O) groups is 1. The van der Waals surface area contributed by atoms with Crippen molar-refractivity contribution in [1.29, 1.82) is 0 Å². The van der Waals surface area contributed by atoms with Crippen LogP contribution < -0.4 is 5.32 Å². The Kier molecular flexibility index (Phi) is 4.70. The second kappa shape index (κ2) is 7.30. The van der Waals surface area contributed by atoms with Crippen LogP contribution in [0.15, 0.2) is 59.3 Å².